The molecule has 1 heterocycles. The average Bonchev–Trinajstić information content (AvgIpc) is 2.74. The summed E-state index contributed by atoms with van der Waals surface area (Å²) in [7, 11) is 1.81. The number of hydrogen-bond donors (Lipinski definition) is 1. The molecule has 1 rings (SSSR count). The highest BCUT2D eigenvalue weighted by Gasteiger charge is 2.11. The maximum atomic E-state index is 11.9. The first-order chi connectivity index (χ1) is 8.19. The van der Waals surface area contributed by atoms with Crippen LogP contribution in [-0.4, -0.2) is 40.5 Å². The molecule has 5 heteroatoms. The molecule has 0 unspecified atom stereocenters. The van der Waals surface area contributed by atoms with Crippen LogP contribution in [0, 0.1) is 0 Å². The first kappa shape index (κ1) is 13.7. The molecule has 0 saturated heterocycles. The molecule has 0 aliphatic carbocycles. The minimum Gasteiger partial charge on any atom is -0.344 e. The average molecular weight is 238 g/mol. The number of likely N-dealkylation sites (N-methyl/N-ethyl adjacent to an activating group) is 1. The zero-order valence-electron chi connectivity index (χ0n) is 10.7. The van der Waals surface area contributed by atoms with Gasteiger partial charge in [-0.05, 0) is 19.4 Å². The number of aromatic nitrogens is 2. The molecule has 2 N–H and O–H groups in total. The zero-order chi connectivity index (χ0) is 12.7. The van der Waals surface area contributed by atoms with Gasteiger partial charge in [0, 0.05) is 32.4 Å². The van der Waals surface area contributed by atoms with Crippen molar-refractivity contribution in [1.82, 2.24) is 14.5 Å². The Morgan fingerprint density at radius 3 is 3.00 bits per heavy atom. The maximum absolute atomic E-state index is 11.9. The Morgan fingerprint density at radius 2 is 2.35 bits per heavy atom. The number of nitrogens with zero attached hydrogens (tertiary/aromatic N) is 3. The fourth-order valence-electron chi connectivity index (χ4n) is 1.66. The van der Waals surface area contributed by atoms with Crippen LogP contribution < -0.4 is 5.73 Å². The largest absolute Gasteiger partial charge is 0.344 e. The Balaban J connectivity index is 2.52. The first-order valence-corrected chi connectivity index (χ1v) is 6.13. The van der Waals surface area contributed by atoms with Gasteiger partial charge in [0.15, 0.2) is 0 Å². The molecule has 0 radical (unpaired) electrons. The van der Waals surface area contributed by atoms with Crippen LogP contribution in [0.15, 0.2) is 12.4 Å². The fourth-order valence-corrected chi connectivity index (χ4v) is 1.66. The van der Waals surface area contributed by atoms with Crippen LogP contribution in [0.2, 0.25) is 0 Å². The van der Waals surface area contributed by atoms with Crippen LogP contribution in [0.4, 0.5) is 0 Å². The number of imidazole rings is 1. The number of amides is 1. The number of rotatable bonds is 7. The van der Waals surface area contributed by atoms with Crippen LogP contribution >= 0.6 is 0 Å². The minimum atomic E-state index is 0.105. The second-order valence-corrected chi connectivity index (χ2v) is 4.18. The smallest absolute Gasteiger partial charge is 0.242 e. The Kier molecular flexibility index (Phi) is 5.69. The highest BCUT2D eigenvalue weighted by atomic mass is 16.2. The summed E-state index contributed by atoms with van der Waals surface area (Å²) >= 11 is 0. The second kappa shape index (κ2) is 7.06. The van der Waals surface area contributed by atoms with Crippen molar-refractivity contribution < 1.29 is 4.79 Å². The van der Waals surface area contributed by atoms with E-state index in [-0.39, 0.29) is 5.91 Å². The summed E-state index contributed by atoms with van der Waals surface area (Å²) in [5.41, 5.74) is 5.42. The van der Waals surface area contributed by atoms with E-state index in [2.05, 4.69) is 11.9 Å². The van der Waals surface area contributed by atoms with Gasteiger partial charge in [-0.1, -0.05) is 6.92 Å². The lowest BCUT2D eigenvalue weighted by atomic mass is 10.3. The van der Waals surface area contributed by atoms with Crippen molar-refractivity contribution in [2.75, 3.05) is 20.1 Å². The standard InChI is InChI=1S/C12H22N4O/c1-3-5-11-14-7-9-16(11)10-12(17)15(2)8-4-6-13/h7,9H,3-6,8,10,13H2,1-2H3. The van der Waals surface area contributed by atoms with E-state index < -0.39 is 0 Å². The lowest BCUT2D eigenvalue weighted by Gasteiger charge is -2.17. The van der Waals surface area contributed by atoms with Crippen LogP contribution in [0.25, 0.3) is 0 Å². The summed E-state index contributed by atoms with van der Waals surface area (Å²) < 4.78 is 1.92. The molecular weight excluding hydrogens is 216 g/mol. The Labute approximate surface area is 103 Å². The molecule has 1 aromatic heterocycles. The molecule has 0 aliphatic heterocycles. The summed E-state index contributed by atoms with van der Waals surface area (Å²) in [5.74, 6) is 1.09. The monoisotopic (exact) mass is 238 g/mol. The van der Waals surface area contributed by atoms with E-state index in [1.165, 1.54) is 0 Å². The van der Waals surface area contributed by atoms with Crippen LogP contribution in [0.5, 0.6) is 0 Å². The first-order valence-electron chi connectivity index (χ1n) is 6.13. The van der Waals surface area contributed by atoms with Crippen molar-refractivity contribution in [2.24, 2.45) is 5.73 Å². The molecule has 0 saturated carbocycles. The third-order valence-corrected chi connectivity index (χ3v) is 2.70. The van der Waals surface area contributed by atoms with E-state index in [4.69, 9.17) is 5.73 Å². The Bertz CT molecular complexity index is 348. The normalized spacial score (nSPS) is 10.5. The summed E-state index contributed by atoms with van der Waals surface area (Å²) in [4.78, 5) is 17.9. The van der Waals surface area contributed by atoms with E-state index in [0.29, 0.717) is 19.6 Å². The van der Waals surface area contributed by atoms with Crippen molar-refractivity contribution in [1.29, 1.82) is 0 Å². The maximum Gasteiger partial charge on any atom is 0.242 e. The SMILES string of the molecule is CCCc1nccn1CC(=O)N(C)CCCN. The summed E-state index contributed by atoms with van der Waals surface area (Å²) in [6, 6.07) is 0. The van der Waals surface area contributed by atoms with Crippen LogP contribution in [-0.2, 0) is 17.8 Å². The molecule has 0 atom stereocenters. The van der Waals surface area contributed by atoms with Gasteiger partial charge in [0.25, 0.3) is 0 Å². The van der Waals surface area contributed by atoms with Gasteiger partial charge in [0.05, 0.1) is 0 Å². The lowest BCUT2D eigenvalue weighted by Crippen LogP contribution is -2.32. The number of carbonyl (C=O) groups is 1. The summed E-state index contributed by atoms with van der Waals surface area (Å²) in [6.45, 7) is 3.81. The molecule has 96 valence electrons. The predicted molar refractivity (Wildman–Crippen MR) is 67.5 cm³/mol. The Hall–Kier alpha value is -1.36. The van der Waals surface area contributed by atoms with E-state index in [1.807, 2.05) is 17.8 Å². The zero-order valence-corrected chi connectivity index (χ0v) is 10.7. The van der Waals surface area contributed by atoms with Crippen molar-refractivity contribution >= 4 is 5.91 Å². The van der Waals surface area contributed by atoms with Gasteiger partial charge in [-0.3, -0.25) is 4.79 Å². The molecule has 0 spiro atoms. The molecule has 0 aliphatic rings. The molecule has 0 fully saturated rings. The summed E-state index contributed by atoms with van der Waals surface area (Å²) in [5, 5.41) is 0. The molecule has 5 nitrogen and oxygen atoms in total. The van der Waals surface area contributed by atoms with Crippen LogP contribution in [0.1, 0.15) is 25.6 Å². The van der Waals surface area contributed by atoms with Crippen molar-refractivity contribution in [2.45, 2.75) is 32.7 Å². The van der Waals surface area contributed by atoms with E-state index in [1.54, 1.807) is 11.1 Å². The molecule has 0 bridgehead atoms. The molecule has 17 heavy (non-hydrogen) atoms. The highest BCUT2D eigenvalue weighted by Crippen LogP contribution is 2.02. The van der Waals surface area contributed by atoms with Crippen LogP contribution in [0.3, 0.4) is 0 Å². The van der Waals surface area contributed by atoms with Gasteiger partial charge >= 0.3 is 0 Å². The third kappa shape index (κ3) is 4.19. The topological polar surface area (TPSA) is 64.2 Å². The number of hydrogen-bond acceptors (Lipinski definition) is 3. The minimum absolute atomic E-state index is 0.105. The quantitative estimate of drug-likeness (QED) is 0.758. The molecule has 1 aromatic rings. The van der Waals surface area contributed by atoms with Gasteiger partial charge in [0.1, 0.15) is 12.4 Å². The van der Waals surface area contributed by atoms with Gasteiger partial charge in [-0.15, -0.1) is 0 Å². The number of carbonyl (C=O) groups excluding carboxylic acids is 1. The van der Waals surface area contributed by atoms with Gasteiger partial charge in [-0.25, -0.2) is 4.98 Å². The fraction of sp³-hybridized carbons (Fsp3) is 0.667. The Morgan fingerprint density at radius 1 is 1.59 bits per heavy atom. The van der Waals surface area contributed by atoms with Gasteiger partial charge in [-0.2, -0.15) is 0 Å². The van der Waals surface area contributed by atoms with E-state index in [9.17, 15) is 4.79 Å². The molecular formula is C12H22N4O. The van der Waals surface area contributed by atoms with Crippen molar-refractivity contribution in [3.63, 3.8) is 0 Å². The van der Waals surface area contributed by atoms with Gasteiger partial charge < -0.3 is 15.2 Å². The lowest BCUT2D eigenvalue weighted by molar-refractivity contribution is -0.130. The number of aryl methyl sites for hydroxylation is 1. The van der Waals surface area contributed by atoms with Crippen molar-refractivity contribution in [3.8, 4) is 0 Å². The van der Waals surface area contributed by atoms with E-state index >= 15 is 0 Å². The highest BCUT2D eigenvalue weighted by molar-refractivity contribution is 5.75. The predicted octanol–water partition coefficient (Wildman–Crippen LogP) is 0.643. The van der Waals surface area contributed by atoms with E-state index in [0.717, 1.165) is 25.1 Å². The molecule has 0 aromatic carbocycles. The van der Waals surface area contributed by atoms with Crippen molar-refractivity contribution in [3.05, 3.63) is 18.2 Å². The van der Waals surface area contributed by atoms with Gasteiger partial charge in [0.2, 0.25) is 5.91 Å². The third-order valence-electron chi connectivity index (χ3n) is 2.70. The molecule has 1 amide bonds. The summed E-state index contributed by atoms with van der Waals surface area (Å²) in [6.07, 6.45) is 6.40. The number of nitrogens with two attached hydrogens (primary N) is 1. The second-order valence-electron chi connectivity index (χ2n) is 4.18.